The zero-order valence-electron chi connectivity index (χ0n) is 14.0. The average Bonchev–Trinajstić information content (AvgIpc) is 2.54. The first-order valence-electron chi connectivity index (χ1n) is 8.24. The number of carbonyl (C=O) groups excluding carboxylic acids is 1. The number of nitrogens with zero attached hydrogens (tertiary/aromatic N) is 1. The third kappa shape index (κ3) is 2.72. The third-order valence-corrected chi connectivity index (χ3v) is 5.32. The maximum absolute atomic E-state index is 12.6. The Morgan fingerprint density at radius 2 is 1.96 bits per heavy atom. The molecule has 1 aromatic rings. The fourth-order valence-corrected chi connectivity index (χ4v) is 4.13. The lowest BCUT2D eigenvalue weighted by molar-refractivity contribution is -0.170. The fourth-order valence-electron chi connectivity index (χ4n) is 4.13. The van der Waals surface area contributed by atoms with Crippen LogP contribution < -0.4 is 0 Å². The molecule has 0 bridgehead atoms. The van der Waals surface area contributed by atoms with E-state index in [9.17, 15) is 10.1 Å². The van der Waals surface area contributed by atoms with Gasteiger partial charge in [-0.1, -0.05) is 43.3 Å². The summed E-state index contributed by atoms with van der Waals surface area (Å²) in [7, 11) is 0. The van der Waals surface area contributed by atoms with Gasteiger partial charge in [-0.2, -0.15) is 5.26 Å². The van der Waals surface area contributed by atoms with E-state index in [2.05, 4.69) is 25.1 Å². The summed E-state index contributed by atoms with van der Waals surface area (Å²) in [4.78, 5) is 12.6. The minimum Gasteiger partial charge on any atom is -0.373 e. The SMILES string of the molecule is CC1(C)C(=O)C(C#N)=C[C@]2(C)CC[C@H](Cc3ccccc3)O[C@@H]12. The molecule has 120 valence electrons. The lowest BCUT2D eigenvalue weighted by Gasteiger charge is -2.51. The molecule has 0 unspecified atom stereocenters. The zero-order valence-corrected chi connectivity index (χ0v) is 14.0. The van der Waals surface area contributed by atoms with Crippen molar-refractivity contribution in [2.75, 3.05) is 0 Å². The Morgan fingerprint density at radius 3 is 2.61 bits per heavy atom. The molecule has 0 spiro atoms. The van der Waals surface area contributed by atoms with E-state index in [4.69, 9.17) is 4.74 Å². The molecule has 0 amide bonds. The molecule has 1 fully saturated rings. The lowest BCUT2D eigenvalue weighted by Crippen LogP contribution is -2.56. The van der Waals surface area contributed by atoms with Crippen molar-refractivity contribution in [1.82, 2.24) is 0 Å². The standard InChI is InChI=1S/C20H23NO2/c1-19(2)17(22)15(13-21)12-20(3)10-9-16(23-18(19)20)11-14-7-5-4-6-8-14/h4-8,12,16,18H,9-11H2,1-3H3/t16-,18+,20+/m1/s1. The predicted octanol–water partition coefficient (Wildman–Crippen LogP) is 3.84. The Hall–Kier alpha value is -1.92. The van der Waals surface area contributed by atoms with Gasteiger partial charge in [0.15, 0.2) is 5.78 Å². The zero-order chi connectivity index (χ0) is 16.7. The molecular weight excluding hydrogens is 286 g/mol. The highest BCUT2D eigenvalue weighted by atomic mass is 16.5. The highest BCUT2D eigenvalue weighted by Crippen LogP contribution is 2.50. The first-order chi connectivity index (χ1) is 10.9. The number of hydrogen-bond donors (Lipinski definition) is 0. The van der Waals surface area contributed by atoms with Crippen LogP contribution in [0.3, 0.4) is 0 Å². The van der Waals surface area contributed by atoms with Crippen LogP contribution in [0, 0.1) is 22.2 Å². The molecule has 1 saturated heterocycles. The predicted molar refractivity (Wildman–Crippen MR) is 88.6 cm³/mol. The molecule has 1 heterocycles. The number of ether oxygens (including phenoxy) is 1. The Bertz CT molecular complexity index is 683. The van der Waals surface area contributed by atoms with Gasteiger partial charge >= 0.3 is 0 Å². The molecule has 23 heavy (non-hydrogen) atoms. The molecule has 1 aliphatic heterocycles. The number of Topliss-reactive ketones (excluding diaryl/α,β-unsaturated/α-hetero) is 1. The second-order valence-electron chi connectivity index (χ2n) is 7.59. The van der Waals surface area contributed by atoms with Gasteiger partial charge in [-0.25, -0.2) is 0 Å². The minimum atomic E-state index is -0.663. The van der Waals surface area contributed by atoms with Gasteiger partial charge in [0.05, 0.1) is 23.2 Å². The summed E-state index contributed by atoms with van der Waals surface area (Å²) in [5.41, 5.74) is 0.646. The highest BCUT2D eigenvalue weighted by molar-refractivity contribution is 6.04. The van der Waals surface area contributed by atoms with E-state index in [1.165, 1.54) is 5.56 Å². The molecule has 3 rings (SSSR count). The van der Waals surface area contributed by atoms with Crippen LogP contribution in [0.5, 0.6) is 0 Å². The van der Waals surface area contributed by atoms with Crippen LogP contribution in [0.15, 0.2) is 42.0 Å². The number of benzene rings is 1. The first kappa shape index (κ1) is 16.0. The molecule has 0 saturated carbocycles. The van der Waals surface area contributed by atoms with Gasteiger partial charge in [0, 0.05) is 5.41 Å². The van der Waals surface area contributed by atoms with E-state index in [0.717, 1.165) is 19.3 Å². The summed E-state index contributed by atoms with van der Waals surface area (Å²) in [6.07, 6.45) is 4.55. The quantitative estimate of drug-likeness (QED) is 0.834. The number of nitriles is 1. The van der Waals surface area contributed by atoms with E-state index in [-0.39, 0.29) is 23.4 Å². The van der Waals surface area contributed by atoms with Crippen LogP contribution in [0.4, 0.5) is 0 Å². The third-order valence-electron chi connectivity index (χ3n) is 5.32. The second-order valence-corrected chi connectivity index (χ2v) is 7.59. The number of ketones is 1. The van der Waals surface area contributed by atoms with Gasteiger partial charge in [-0.05, 0) is 38.7 Å². The van der Waals surface area contributed by atoms with Crippen molar-refractivity contribution in [2.24, 2.45) is 10.8 Å². The van der Waals surface area contributed by atoms with Crippen LogP contribution in [-0.2, 0) is 16.0 Å². The molecule has 0 N–H and O–H groups in total. The molecule has 3 atom stereocenters. The topological polar surface area (TPSA) is 50.1 Å². The maximum atomic E-state index is 12.6. The van der Waals surface area contributed by atoms with Gasteiger partial charge in [0.2, 0.25) is 0 Å². The number of carbonyl (C=O) groups is 1. The Morgan fingerprint density at radius 1 is 1.26 bits per heavy atom. The Kier molecular flexibility index (Phi) is 3.90. The number of rotatable bonds is 2. The molecule has 0 aromatic heterocycles. The van der Waals surface area contributed by atoms with Crippen molar-refractivity contribution in [2.45, 2.75) is 52.2 Å². The van der Waals surface area contributed by atoms with Crippen LogP contribution in [0.2, 0.25) is 0 Å². The van der Waals surface area contributed by atoms with Crippen LogP contribution >= 0.6 is 0 Å². The summed E-state index contributed by atoms with van der Waals surface area (Å²) >= 11 is 0. The summed E-state index contributed by atoms with van der Waals surface area (Å²) in [6.45, 7) is 5.93. The van der Waals surface area contributed by atoms with E-state index in [1.54, 1.807) is 0 Å². The Labute approximate surface area is 138 Å². The van der Waals surface area contributed by atoms with Crippen molar-refractivity contribution in [3.8, 4) is 6.07 Å². The molecule has 0 radical (unpaired) electrons. The number of allylic oxidation sites excluding steroid dienone is 1. The van der Waals surface area contributed by atoms with Crippen molar-refractivity contribution in [3.63, 3.8) is 0 Å². The average molecular weight is 309 g/mol. The summed E-state index contributed by atoms with van der Waals surface area (Å²) in [5.74, 6) is -0.0946. The number of hydrogen-bond acceptors (Lipinski definition) is 3. The lowest BCUT2D eigenvalue weighted by atomic mass is 9.60. The van der Waals surface area contributed by atoms with E-state index >= 15 is 0 Å². The summed E-state index contributed by atoms with van der Waals surface area (Å²) in [5, 5.41) is 9.27. The normalized spacial score (nSPS) is 32.6. The van der Waals surface area contributed by atoms with E-state index in [1.807, 2.05) is 38.1 Å². The van der Waals surface area contributed by atoms with Gasteiger partial charge < -0.3 is 4.74 Å². The second kappa shape index (κ2) is 5.62. The van der Waals surface area contributed by atoms with Crippen LogP contribution in [0.1, 0.15) is 39.2 Å². The molecule has 1 aliphatic carbocycles. The van der Waals surface area contributed by atoms with Crippen LogP contribution in [-0.4, -0.2) is 18.0 Å². The first-order valence-corrected chi connectivity index (χ1v) is 8.24. The van der Waals surface area contributed by atoms with Gasteiger partial charge in [-0.3, -0.25) is 4.79 Å². The van der Waals surface area contributed by atoms with Gasteiger partial charge in [0.1, 0.15) is 6.07 Å². The smallest absolute Gasteiger partial charge is 0.181 e. The van der Waals surface area contributed by atoms with E-state index < -0.39 is 5.41 Å². The maximum Gasteiger partial charge on any atom is 0.181 e. The molecule has 3 heteroatoms. The summed E-state index contributed by atoms with van der Waals surface area (Å²) in [6, 6.07) is 12.4. The minimum absolute atomic E-state index is 0.0946. The summed E-state index contributed by atoms with van der Waals surface area (Å²) < 4.78 is 6.40. The molecule has 2 aliphatic rings. The van der Waals surface area contributed by atoms with Crippen molar-refractivity contribution in [1.29, 1.82) is 5.26 Å². The Balaban J connectivity index is 1.86. The van der Waals surface area contributed by atoms with Crippen LogP contribution in [0.25, 0.3) is 0 Å². The fraction of sp³-hybridized carbons (Fsp3) is 0.500. The number of fused-ring (bicyclic) bond motifs is 1. The van der Waals surface area contributed by atoms with Gasteiger partial charge in [-0.15, -0.1) is 0 Å². The molecule has 3 nitrogen and oxygen atoms in total. The van der Waals surface area contributed by atoms with Crippen molar-refractivity contribution >= 4 is 5.78 Å². The molecule has 1 aromatic carbocycles. The van der Waals surface area contributed by atoms with Crippen molar-refractivity contribution < 1.29 is 9.53 Å². The highest BCUT2D eigenvalue weighted by Gasteiger charge is 2.54. The largest absolute Gasteiger partial charge is 0.373 e. The van der Waals surface area contributed by atoms with E-state index in [0.29, 0.717) is 5.57 Å². The molecular formula is C20H23NO2. The monoisotopic (exact) mass is 309 g/mol. The van der Waals surface area contributed by atoms with Crippen molar-refractivity contribution in [3.05, 3.63) is 47.5 Å². The van der Waals surface area contributed by atoms with Gasteiger partial charge in [0.25, 0.3) is 0 Å².